The predicted octanol–water partition coefficient (Wildman–Crippen LogP) is 0.669. The summed E-state index contributed by atoms with van der Waals surface area (Å²) >= 11 is 0. The molecular weight excluding hydrogens is 351 g/mol. The molecule has 1 amide bonds. The van der Waals surface area contributed by atoms with Crippen LogP contribution in [-0.2, 0) is 9.53 Å². The molecule has 2 rings (SSSR count). The van der Waals surface area contributed by atoms with E-state index >= 15 is 0 Å². The zero-order chi connectivity index (χ0) is 18.9. The Morgan fingerprint density at radius 1 is 1.23 bits per heavy atom. The summed E-state index contributed by atoms with van der Waals surface area (Å²) in [5, 5.41) is 4.99. The maximum Gasteiger partial charge on any atom is 0.246 e. The molecule has 1 heterocycles. The lowest BCUT2D eigenvalue weighted by Crippen LogP contribution is -2.39. The van der Waals surface area contributed by atoms with E-state index in [1.807, 2.05) is 0 Å². The summed E-state index contributed by atoms with van der Waals surface area (Å²) in [5.74, 6) is -5.06. The number of aliphatic imine (C=N–C) groups is 1. The fourth-order valence-corrected chi connectivity index (χ4v) is 2.37. The molecule has 10 heteroatoms. The predicted molar refractivity (Wildman–Crippen MR) is 91.3 cm³/mol. The molecule has 0 bridgehead atoms. The highest BCUT2D eigenvalue weighted by Crippen LogP contribution is 2.19. The number of morpholine rings is 1. The number of anilines is 1. The van der Waals surface area contributed by atoms with E-state index in [-0.39, 0.29) is 12.5 Å². The highest BCUT2D eigenvalue weighted by Gasteiger charge is 2.15. The fraction of sp³-hybridized carbons (Fsp3) is 0.500. The van der Waals surface area contributed by atoms with Crippen LogP contribution in [0.25, 0.3) is 0 Å². The van der Waals surface area contributed by atoms with Gasteiger partial charge in [0, 0.05) is 19.6 Å². The third-order valence-corrected chi connectivity index (χ3v) is 3.76. The molecule has 1 aromatic rings. The van der Waals surface area contributed by atoms with E-state index in [1.54, 1.807) is 0 Å². The normalized spacial score (nSPS) is 15.7. The highest BCUT2D eigenvalue weighted by atomic mass is 19.2. The van der Waals surface area contributed by atoms with Crippen LogP contribution in [0.4, 0.5) is 18.9 Å². The fourth-order valence-electron chi connectivity index (χ4n) is 2.37. The van der Waals surface area contributed by atoms with E-state index in [0.717, 1.165) is 51.4 Å². The van der Waals surface area contributed by atoms with Gasteiger partial charge in [0.25, 0.3) is 0 Å². The van der Waals surface area contributed by atoms with Gasteiger partial charge in [-0.1, -0.05) is 0 Å². The molecular formula is C16H22F3N5O2. The van der Waals surface area contributed by atoms with E-state index in [0.29, 0.717) is 6.54 Å². The zero-order valence-corrected chi connectivity index (χ0v) is 14.2. The van der Waals surface area contributed by atoms with Crippen molar-refractivity contribution >= 4 is 17.6 Å². The van der Waals surface area contributed by atoms with Crippen LogP contribution in [0.5, 0.6) is 0 Å². The topological polar surface area (TPSA) is 92.0 Å². The average molecular weight is 373 g/mol. The number of hydrogen-bond acceptors (Lipinski definition) is 4. The summed E-state index contributed by atoms with van der Waals surface area (Å²) in [6.07, 6.45) is 0.850. The maximum atomic E-state index is 13.5. The van der Waals surface area contributed by atoms with Crippen LogP contribution in [0.3, 0.4) is 0 Å². The van der Waals surface area contributed by atoms with Gasteiger partial charge in [-0.3, -0.25) is 9.69 Å². The monoisotopic (exact) mass is 373 g/mol. The van der Waals surface area contributed by atoms with Crippen molar-refractivity contribution < 1.29 is 22.7 Å². The van der Waals surface area contributed by atoms with Gasteiger partial charge in [-0.2, -0.15) is 0 Å². The number of nitrogens with two attached hydrogens (primary N) is 1. The number of nitrogens with one attached hydrogen (secondary N) is 2. The minimum absolute atomic E-state index is 0.0767. The maximum absolute atomic E-state index is 13.5. The third-order valence-electron chi connectivity index (χ3n) is 3.76. The second-order valence-electron chi connectivity index (χ2n) is 5.71. The summed E-state index contributed by atoms with van der Waals surface area (Å²) in [5.41, 5.74) is 5.19. The van der Waals surface area contributed by atoms with E-state index < -0.39 is 29.0 Å². The zero-order valence-electron chi connectivity index (χ0n) is 14.2. The Hall–Kier alpha value is -2.33. The lowest BCUT2D eigenvalue weighted by molar-refractivity contribution is -0.114. The molecule has 0 spiro atoms. The Morgan fingerprint density at radius 2 is 1.96 bits per heavy atom. The van der Waals surface area contributed by atoms with Crippen LogP contribution < -0.4 is 16.4 Å². The standard InChI is InChI=1S/C16H22F3N5O2/c17-11-2-3-12(15(19)14(11)18)23-13(25)10-22-16(20)21-4-1-5-24-6-8-26-9-7-24/h2-3H,1,4-10H2,(H,23,25)(H3,20,21,22). The van der Waals surface area contributed by atoms with Crippen molar-refractivity contribution in [1.82, 2.24) is 10.2 Å². The molecule has 0 saturated carbocycles. The Labute approximate surface area is 149 Å². The summed E-state index contributed by atoms with van der Waals surface area (Å²) < 4.78 is 44.7. The van der Waals surface area contributed by atoms with Crippen molar-refractivity contribution in [2.45, 2.75) is 6.42 Å². The quantitative estimate of drug-likeness (QED) is 0.283. The molecule has 0 aliphatic carbocycles. The number of guanidine groups is 1. The van der Waals surface area contributed by atoms with Crippen LogP contribution in [-0.4, -0.2) is 62.7 Å². The second-order valence-corrected chi connectivity index (χ2v) is 5.71. The number of carbonyl (C=O) groups excluding carboxylic acids is 1. The van der Waals surface area contributed by atoms with Crippen molar-refractivity contribution in [2.24, 2.45) is 10.7 Å². The molecule has 1 aromatic carbocycles. The second kappa shape index (κ2) is 9.97. The molecule has 0 radical (unpaired) electrons. The smallest absolute Gasteiger partial charge is 0.246 e. The molecule has 1 saturated heterocycles. The highest BCUT2D eigenvalue weighted by molar-refractivity contribution is 5.94. The number of nitrogens with zero attached hydrogens (tertiary/aromatic N) is 2. The van der Waals surface area contributed by atoms with Gasteiger partial charge in [0.15, 0.2) is 23.4 Å². The van der Waals surface area contributed by atoms with E-state index in [2.05, 4.69) is 20.5 Å². The van der Waals surface area contributed by atoms with Crippen molar-refractivity contribution in [1.29, 1.82) is 0 Å². The van der Waals surface area contributed by atoms with Crippen LogP contribution in [0, 0.1) is 17.5 Å². The minimum atomic E-state index is -1.65. The first-order chi connectivity index (χ1) is 12.5. The summed E-state index contributed by atoms with van der Waals surface area (Å²) in [6, 6.07) is 1.66. The van der Waals surface area contributed by atoms with Crippen molar-refractivity contribution in [3.8, 4) is 0 Å². The van der Waals surface area contributed by atoms with Crippen molar-refractivity contribution in [2.75, 3.05) is 51.3 Å². The Bertz CT molecular complexity index is 651. The first-order valence-corrected chi connectivity index (χ1v) is 8.24. The largest absolute Gasteiger partial charge is 0.379 e. The first-order valence-electron chi connectivity index (χ1n) is 8.24. The molecule has 1 fully saturated rings. The molecule has 4 N–H and O–H groups in total. The van der Waals surface area contributed by atoms with Gasteiger partial charge in [0.1, 0.15) is 6.54 Å². The van der Waals surface area contributed by atoms with Crippen molar-refractivity contribution in [3.63, 3.8) is 0 Å². The summed E-state index contributed by atoms with van der Waals surface area (Å²) in [7, 11) is 0. The Balaban J connectivity index is 1.69. The van der Waals surface area contributed by atoms with Gasteiger partial charge in [-0.25, -0.2) is 18.2 Å². The average Bonchev–Trinajstić information content (AvgIpc) is 2.65. The number of benzene rings is 1. The number of halogens is 3. The van der Waals surface area contributed by atoms with Crippen molar-refractivity contribution in [3.05, 3.63) is 29.6 Å². The summed E-state index contributed by atoms with van der Waals surface area (Å²) in [4.78, 5) is 17.8. The molecule has 0 atom stereocenters. The third kappa shape index (κ3) is 6.19. The van der Waals surface area contributed by atoms with Gasteiger partial charge in [-0.15, -0.1) is 0 Å². The Morgan fingerprint density at radius 3 is 2.69 bits per heavy atom. The number of carbonyl (C=O) groups is 1. The van der Waals surface area contributed by atoms with Crippen LogP contribution >= 0.6 is 0 Å². The van der Waals surface area contributed by atoms with Crippen LogP contribution in [0.2, 0.25) is 0 Å². The molecule has 1 aliphatic heterocycles. The molecule has 0 unspecified atom stereocenters. The lowest BCUT2D eigenvalue weighted by atomic mass is 10.3. The van der Waals surface area contributed by atoms with Gasteiger partial charge >= 0.3 is 0 Å². The molecule has 0 aromatic heterocycles. The van der Waals surface area contributed by atoms with Gasteiger partial charge in [0.2, 0.25) is 5.91 Å². The van der Waals surface area contributed by atoms with Gasteiger partial charge < -0.3 is 21.1 Å². The minimum Gasteiger partial charge on any atom is -0.379 e. The first kappa shape index (κ1) is 20.0. The number of ether oxygens (including phenoxy) is 1. The van der Waals surface area contributed by atoms with E-state index in [1.165, 1.54) is 0 Å². The van der Waals surface area contributed by atoms with Gasteiger partial charge in [0.05, 0.1) is 18.9 Å². The lowest BCUT2D eigenvalue weighted by Gasteiger charge is -2.26. The summed E-state index contributed by atoms with van der Waals surface area (Å²) in [6.45, 7) is 4.41. The van der Waals surface area contributed by atoms with E-state index in [4.69, 9.17) is 10.5 Å². The number of amides is 1. The number of rotatable bonds is 7. The SMILES string of the molecule is NC(=NCC(=O)Nc1ccc(F)c(F)c1F)NCCCN1CCOCC1. The molecule has 26 heavy (non-hydrogen) atoms. The van der Waals surface area contributed by atoms with E-state index in [9.17, 15) is 18.0 Å². The molecule has 7 nitrogen and oxygen atoms in total. The van der Waals surface area contributed by atoms with Gasteiger partial charge in [-0.05, 0) is 25.1 Å². The number of hydrogen-bond donors (Lipinski definition) is 3. The van der Waals surface area contributed by atoms with Crippen LogP contribution in [0.1, 0.15) is 6.42 Å². The molecule has 1 aliphatic rings. The van der Waals surface area contributed by atoms with Crippen LogP contribution in [0.15, 0.2) is 17.1 Å². The molecule has 144 valence electrons. The Kier molecular flexibility index (Phi) is 7.67.